The number of pyridine rings is 1. The summed E-state index contributed by atoms with van der Waals surface area (Å²) in [5.74, 6) is 0.505. The number of rotatable bonds is 12. The Labute approximate surface area is 310 Å². The van der Waals surface area contributed by atoms with E-state index in [0.29, 0.717) is 32.7 Å². The minimum absolute atomic E-state index is 0.0939. The van der Waals surface area contributed by atoms with E-state index in [-0.39, 0.29) is 43.5 Å². The van der Waals surface area contributed by atoms with E-state index in [0.717, 1.165) is 33.6 Å². The number of β-amino-alcohol motifs (C(OH)–C–C–N with tert-alkyl or cyclic N) is 1. The van der Waals surface area contributed by atoms with Crippen molar-refractivity contribution < 1.29 is 33.0 Å². The number of benzene rings is 2. The van der Waals surface area contributed by atoms with Crippen molar-refractivity contribution in [2.24, 2.45) is 5.92 Å². The maximum Gasteiger partial charge on any atom is 0.238 e. The fraction of sp³-hybridized carbons (Fsp3) is 0.488. The van der Waals surface area contributed by atoms with Gasteiger partial charge >= 0.3 is 0 Å². The molecule has 2 fully saturated rings. The van der Waals surface area contributed by atoms with Crippen molar-refractivity contribution in [1.82, 2.24) is 25.0 Å². The van der Waals surface area contributed by atoms with Gasteiger partial charge in [0.25, 0.3) is 0 Å². The van der Waals surface area contributed by atoms with Crippen molar-refractivity contribution in [3.63, 3.8) is 0 Å². The number of aliphatic hydroxyl groups is 1. The van der Waals surface area contributed by atoms with Crippen molar-refractivity contribution in [1.29, 1.82) is 0 Å². The summed E-state index contributed by atoms with van der Waals surface area (Å²) in [5.41, 5.74) is 1.15. The van der Waals surface area contributed by atoms with Crippen LogP contribution in [-0.2, 0) is 26.3 Å². The predicted octanol–water partition coefficient (Wildman–Crippen LogP) is 4.84. The van der Waals surface area contributed by atoms with Crippen molar-refractivity contribution in [3.8, 4) is 5.75 Å². The molecule has 4 aromatic rings. The van der Waals surface area contributed by atoms with Crippen LogP contribution in [0.15, 0.2) is 83.5 Å². The number of nitrogens with one attached hydrogen (secondary N) is 1. The SMILES string of the molecule is CC1(C)O[C@@H]2COc3ccccc3[C@@H]2N1C(=O)[C@H](Cc1ccccc1)C[C@H](O)CN1CCN(C(C)(C)c2cc3cnccc3o2)C[C@H]1C(=O)NCCF. The molecule has 0 saturated carbocycles. The minimum atomic E-state index is -0.934. The first-order valence-electron chi connectivity index (χ1n) is 18.6. The molecule has 5 heterocycles. The molecule has 3 aliphatic rings. The van der Waals surface area contributed by atoms with Crippen LogP contribution in [0.1, 0.15) is 57.0 Å². The van der Waals surface area contributed by atoms with Gasteiger partial charge in [0, 0.05) is 62.0 Å². The van der Waals surface area contributed by atoms with Gasteiger partial charge in [-0.1, -0.05) is 48.5 Å². The molecule has 5 atom stereocenters. The number of piperazine rings is 1. The first kappa shape index (κ1) is 37.0. The molecule has 3 aliphatic heterocycles. The zero-order valence-corrected chi connectivity index (χ0v) is 30.9. The number of carbonyl (C=O) groups is 2. The highest BCUT2D eigenvalue weighted by Gasteiger charge is 2.54. The number of aliphatic hydroxyl groups excluding tert-OH is 1. The van der Waals surface area contributed by atoms with Crippen molar-refractivity contribution in [3.05, 3.63) is 96.0 Å². The highest BCUT2D eigenvalue weighted by atomic mass is 19.1. The second-order valence-corrected chi connectivity index (χ2v) is 15.4. The van der Waals surface area contributed by atoms with Gasteiger partial charge in [0.2, 0.25) is 11.8 Å². The van der Waals surface area contributed by atoms with Crippen LogP contribution in [0.4, 0.5) is 4.39 Å². The maximum atomic E-state index is 14.9. The van der Waals surface area contributed by atoms with E-state index in [1.165, 1.54) is 0 Å². The average molecular weight is 728 g/mol. The van der Waals surface area contributed by atoms with Crippen LogP contribution in [0.5, 0.6) is 5.75 Å². The van der Waals surface area contributed by atoms with Crippen LogP contribution >= 0.6 is 0 Å². The number of aromatic nitrogens is 1. The molecule has 2 aromatic heterocycles. The molecule has 2 amide bonds. The summed E-state index contributed by atoms with van der Waals surface area (Å²) >= 11 is 0. The normalized spacial score (nSPS) is 22.8. The number of amides is 2. The monoisotopic (exact) mass is 727 g/mol. The van der Waals surface area contributed by atoms with Crippen LogP contribution in [0.2, 0.25) is 0 Å². The Bertz CT molecular complexity index is 1870. The van der Waals surface area contributed by atoms with Crippen molar-refractivity contribution >= 4 is 22.8 Å². The van der Waals surface area contributed by atoms with E-state index in [9.17, 15) is 19.1 Å². The third-order valence-corrected chi connectivity index (χ3v) is 11.1. The molecule has 2 aromatic carbocycles. The van der Waals surface area contributed by atoms with E-state index in [1.54, 1.807) is 12.4 Å². The highest BCUT2D eigenvalue weighted by Crippen LogP contribution is 2.48. The summed E-state index contributed by atoms with van der Waals surface area (Å²) < 4.78 is 31.9. The molecular formula is C41H50FN5O6. The first-order chi connectivity index (χ1) is 25.5. The van der Waals surface area contributed by atoms with E-state index in [2.05, 4.69) is 29.0 Å². The maximum absolute atomic E-state index is 14.9. The Hall–Kier alpha value is -4.36. The number of furan rings is 1. The highest BCUT2D eigenvalue weighted by molar-refractivity contribution is 5.82. The molecule has 2 saturated heterocycles. The molecule has 0 aliphatic carbocycles. The van der Waals surface area contributed by atoms with Crippen LogP contribution < -0.4 is 10.1 Å². The zero-order valence-electron chi connectivity index (χ0n) is 30.9. The molecule has 282 valence electrons. The van der Waals surface area contributed by atoms with Crippen molar-refractivity contribution in [2.75, 3.05) is 46.0 Å². The van der Waals surface area contributed by atoms with Gasteiger partial charge < -0.3 is 29.2 Å². The Morgan fingerprint density at radius 2 is 1.87 bits per heavy atom. The second-order valence-electron chi connectivity index (χ2n) is 15.4. The summed E-state index contributed by atoms with van der Waals surface area (Å²) in [5, 5.41) is 15.5. The third kappa shape index (κ3) is 7.55. The fourth-order valence-electron chi connectivity index (χ4n) is 8.35. The largest absolute Gasteiger partial charge is 0.490 e. The van der Waals surface area contributed by atoms with Crippen LogP contribution in [0.25, 0.3) is 11.0 Å². The van der Waals surface area contributed by atoms with Gasteiger partial charge in [0.15, 0.2) is 0 Å². The topological polar surface area (TPSA) is 121 Å². The third-order valence-electron chi connectivity index (χ3n) is 11.1. The first-order valence-corrected chi connectivity index (χ1v) is 18.6. The van der Waals surface area contributed by atoms with Crippen molar-refractivity contribution in [2.45, 2.75) is 76.1 Å². The van der Waals surface area contributed by atoms with Gasteiger partial charge in [0.1, 0.15) is 48.2 Å². The van der Waals surface area contributed by atoms with E-state index >= 15 is 0 Å². The Balaban J connectivity index is 1.12. The quantitative estimate of drug-likeness (QED) is 0.211. The minimum Gasteiger partial charge on any atom is -0.490 e. The average Bonchev–Trinajstić information content (AvgIpc) is 3.72. The number of ether oxygens (including phenoxy) is 2. The number of alkyl halides is 1. The fourth-order valence-corrected chi connectivity index (χ4v) is 8.35. The van der Waals surface area contributed by atoms with Gasteiger partial charge in [-0.25, -0.2) is 4.39 Å². The lowest BCUT2D eigenvalue weighted by atomic mass is 9.89. The smallest absolute Gasteiger partial charge is 0.238 e. The predicted molar refractivity (Wildman–Crippen MR) is 198 cm³/mol. The van der Waals surface area contributed by atoms with Gasteiger partial charge in [-0.3, -0.25) is 24.4 Å². The van der Waals surface area contributed by atoms with Crippen LogP contribution in [0, 0.1) is 5.92 Å². The molecule has 0 spiro atoms. The zero-order chi connectivity index (χ0) is 37.3. The summed E-state index contributed by atoms with van der Waals surface area (Å²) in [7, 11) is 0. The number of hydrogen-bond acceptors (Lipinski definition) is 9. The van der Waals surface area contributed by atoms with Gasteiger partial charge in [-0.15, -0.1) is 0 Å². The molecule has 7 rings (SSSR count). The Morgan fingerprint density at radius 3 is 2.64 bits per heavy atom. The number of nitrogens with zero attached hydrogens (tertiary/aromatic N) is 4. The van der Waals surface area contributed by atoms with Gasteiger partial charge in [-0.2, -0.15) is 0 Å². The number of fused-ring (bicyclic) bond motifs is 4. The van der Waals surface area contributed by atoms with Gasteiger partial charge in [0.05, 0.1) is 17.7 Å². The molecule has 0 bridgehead atoms. The Morgan fingerprint density at radius 1 is 1.09 bits per heavy atom. The second kappa shape index (κ2) is 15.2. The number of carbonyl (C=O) groups excluding carboxylic acids is 2. The van der Waals surface area contributed by atoms with E-state index < -0.39 is 36.0 Å². The molecule has 53 heavy (non-hydrogen) atoms. The summed E-state index contributed by atoms with van der Waals surface area (Å²) in [6.45, 7) is 9.07. The summed E-state index contributed by atoms with van der Waals surface area (Å²) in [6.07, 6.45) is 2.79. The number of halogens is 1. The van der Waals surface area contributed by atoms with Gasteiger partial charge in [-0.05, 0) is 64.3 Å². The van der Waals surface area contributed by atoms with Crippen LogP contribution in [-0.4, -0.2) is 107 Å². The number of para-hydroxylation sites is 1. The lowest BCUT2D eigenvalue weighted by molar-refractivity contribution is -0.153. The lowest BCUT2D eigenvalue weighted by Crippen LogP contribution is -2.63. The molecule has 0 unspecified atom stereocenters. The van der Waals surface area contributed by atoms with E-state index in [1.807, 2.05) is 90.4 Å². The molecule has 12 heteroatoms. The molecule has 2 N–H and O–H groups in total. The summed E-state index contributed by atoms with van der Waals surface area (Å²) in [6, 6.07) is 20.4. The van der Waals surface area contributed by atoms with Crippen LogP contribution in [0.3, 0.4) is 0 Å². The molecular weight excluding hydrogens is 677 g/mol. The Kier molecular flexibility index (Phi) is 10.6. The molecule has 11 nitrogen and oxygen atoms in total. The molecule has 0 radical (unpaired) electrons. The standard InChI is InChI=1S/C41H50FN5O6/c1-40(2,36-22-29-23-43-16-14-33(29)52-36)46-19-18-45(32(25-46)38(49)44-17-15-42)24-30(48)21-28(20-27-10-6-5-7-11-27)39(50)47-37-31-12-8-9-13-34(31)51-26-35(37)53-41(47,3)4/h5-14,16,22-23,28,30,32,35,37,48H,15,17-21,24-26H2,1-4H3,(H,44,49)/t28-,30+,32+,35-,37+/m1/s1. The van der Waals surface area contributed by atoms with E-state index in [4.69, 9.17) is 13.9 Å². The lowest BCUT2D eigenvalue weighted by Gasteiger charge is -2.47. The summed E-state index contributed by atoms with van der Waals surface area (Å²) in [4.78, 5) is 38.7. The number of hydrogen-bond donors (Lipinski definition) is 2.